The predicted molar refractivity (Wildman–Crippen MR) is 73.4 cm³/mol. The minimum Gasteiger partial charge on any atom is -0.490 e. The van der Waals surface area contributed by atoms with Crippen molar-refractivity contribution >= 4 is 5.97 Å². The van der Waals surface area contributed by atoms with Gasteiger partial charge in [0.2, 0.25) is 0 Å². The van der Waals surface area contributed by atoms with Crippen LogP contribution in [0.4, 0.5) is 0 Å². The summed E-state index contributed by atoms with van der Waals surface area (Å²) in [5, 5.41) is 0. The molecule has 0 spiro atoms. The summed E-state index contributed by atoms with van der Waals surface area (Å²) in [6, 6.07) is 16.7. The predicted octanol–water partition coefficient (Wildman–Crippen LogP) is 3.23. The van der Waals surface area contributed by atoms with Gasteiger partial charge in [-0.05, 0) is 24.6 Å². The molecule has 0 aliphatic rings. The van der Waals surface area contributed by atoms with Crippen LogP contribution in [0.3, 0.4) is 0 Å². The molecule has 0 saturated carbocycles. The van der Waals surface area contributed by atoms with Crippen LogP contribution in [0.2, 0.25) is 0 Å². The lowest BCUT2D eigenvalue weighted by Crippen LogP contribution is -2.12. The summed E-state index contributed by atoms with van der Waals surface area (Å²) >= 11 is 0. The summed E-state index contributed by atoms with van der Waals surface area (Å²) in [5.41, 5.74) is 0.932. The van der Waals surface area contributed by atoms with E-state index in [1.807, 2.05) is 49.4 Å². The van der Waals surface area contributed by atoms with Gasteiger partial charge in [-0.1, -0.05) is 42.5 Å². The van der Waals surface area contributed by atoms with Gasteiger partial charge in [0.15, 0.2) is 11.5 Å². The van der Waals surface area contributed by atoms with Crippen molar-refractivity contribution in [2.75, 3.05) is 6.61 Å². The van der Waals surface area contributed by atoms with Gasteiger partial charge in [0.1, 0.15) is 0 Å². The van der Waals surface area contributed by atoms with E-state index in [9.17, 15) is 4.79 Å². The van der Waals surface area contributed by atoms with Gasteiger partial charge >= 0.3 is 5.97 Å². The van der Waals surface area contributed by atoms with Crippen LogP contribution in [0.15, 0.2) is 54.6 Å². The highest BCUT2D eigenvalue weighted by Gasteiger charge is 2.10. The summed E-state index contributed by atoms with van der Waals surface area (Å²) < 4.78 is 10.7. The maximum absolute atomic E-state index is 11.9. The molecule has 19 heavy (non-hydrogen) atoms. The molecule has 0 radical (unpaired) electrons. The molecule has 0 heterocycles. The highest BCUT2D eigenvalue weighted by molar-refractivity contribution is 5.75. The Morgan fingerprint density at radius 2 is 1.58 bits per heavy atom. The van der Waals surface area contributed by atoms with E-state index in [1.165, 1.54) is 0 Å². The van der Waals surface area contributed by atoms with E-state index < -0.39 is 0 Å². The number of hydrogen-bond acceptors (Lipinski definition) is 3. The molecule has 0 N–H and O–H groups in total. The minimum absolute atomic E-state index is 0.251. The molecular formula is C16H16O3. The van der Waals surface area contributed by atoms with Gasteiger partial charge in [-0.2, -0.15) is 0 Å². The Kier molecular flexibility index (Phi) is 4.56. The van der Waals surface area contributed by atoms with Crippen LogP contribution in [0.5, 0.6) is 11.5 Å². The standard InChI is InChI=1S/C16H16O3/c1-2-18-14-10-6-7-11-15(14)19-16(17)12-13-8-4-3-5-9-13/h3-11H,2,12H2,1H3. The van der Waals surface area contributed by atoms with Crippen molar-refractivity contribution in [2.24, 2.45) is 0 Å². The SMILES string of the molecule is CCOc1ccccc1OC(=O)Cc1ccccc1. The van der Waals surface area contributed by atoms with E-state index in [4.69, 9.17) is 9.47 Å². The van der Waals surface area contributed by atoms with E-state index in [-0.39, 0.29) is 12.4 Å². The number of hydrogen-bond donors (Lipinski definition) is 0. The number of para-hydroxylation sites is 2. The first-order valence-corrected chi connectivity index (χ1v) is 6.26. The fourth-order valence-corrected chi connectivity index (χ4v) is 1.73. The van der Waals surface area contributed by atoms with Gasteiger partial charge in [-0.25, -0.2) is 0 Å². The third-order valence-electron chi connectivity index (χ3n) is 2.56. The number of esters is 1. The molecule has 0 unspecified atom stereocenters. The number of carbonyl (C=O) groups is 1. The fourth-order valence-electron chi connectivity index (χ4n) is 1.73. The Hall–Kier alpha value is -2.29. The average Bonchev–Trinajstić information content (AvgIpc) is 2.42. The van der Waals surface area contributed by atoms with E-state index in [0.29, 0.717) is 18.1 Å². The molecule has 2 aromatic carbocycles. The molecule has 2 rings (SSSR count). The van der Waals surface area contributed by atoms with Crippen molar-refractivity contribution in [3.63, 3.8) is 0 Å². The van der Waals surface area contributed by atoms with Crippen LogP contribution in [-0.2, 0) is 11.2 Å². The molecule has 0 saturated heterocycles. The maximum atomic E-state index is 11.9. The lowest BCUT2D eigenvalue weighted by Gasteiger charge is -2.10. The second kappa shape index (κ2) is 6.59. The molecule has 3 heteroatoms. The zero-order chi connectivity index (χ0) is 13.5. The van der Waals surface area contributed by atoms with E-state index in [1.54, 1.807) is 12.1 Å². The topological polar surface area (TPSA) is 35.5 Å². The van der Waals surface area contributed by atoms with Crippen molar-refractivity contribution < 1.29 is 14.3 Å². The van der Waals surface area contributed by atoms with Gasteiger partial charge in [-0.15, -0.1) is 0 Å². The summed E-state index contributed by atoms with van der Waals surface area (Å²) in [6.45, 7) is 2.43. The Labute approximate surface area is 112 Å². The Morgan fingerprint density at radius 1 is 0.947 bits per heavy atom. The molecule has 0 fully saturated rings. The Morgan fingerprint density at radius 3 is 2.26 bits per heavy atom. The quantitative estimate of drug-likeness (QED) is 0.608. The third kappa shape index (κ3) is 3.85. The number of ether oxygens (including phenoxy) is 2. The highest BCUT2D eigenvalue weighted by atomic mass is 16.6. The largest absolute Gasteiger partial charge is 0.490 e. The Bertz CT molecular complexity index is 535. The third-order valence-corrected chi connectivity index (χ3v) is 2.56. The molecule has 98 valence electrons. The summed E-state index contributed by atoms with van der Waals surface area (Å²) in [5.74, 6) is 0.759. The molecule has 0 amide bonds. The lowest BCUT2D eigenvalue weighted by atomic mass is 10.2. The molecule has 2 aromatic rings. The minimum atomic E-state index is -0.293. The van der Waals surface area contributed by atoms with E-state index in [2.05, 4.69) is 0 Å². The molecule has 0 aliphatic carbocycles. The van der Waals surface area contributed by atoms with Crippen LogP contribution < -0.4 is 9.47 Å². The molecule has 0 bridgehead atoms. The van der Waals surface area contributed by atoms with Crippen LogP contribution in [0.25, 0.3) is 0 Å². The van der Waals surface area contributed by atoms with Crippen molar-refractivity contribution in [1.29, 1.82) is 0 Å². The van der Waals surface area contributed by atoms with Crippen LogP contribution in [0.1, 0.15) is 12.5 Å². The van der Waals surface area contributed by atoms with Crippen molar-refractivity contribution in [3.8, 4) is 11.5 Å². The molecule has 3 nitrogen and oxygen atoms in total. The monoisotopic (exact) mass is 256 g/mol. The van der Waals surface area contributed by atoms with Gasteiger partial charge in [-0.3, -0.25) is 4.79 Å². The van der Waals surface area contributed by atoms with E-state index >= 15 is 0 Å². The zero-order valence-corrected chi connectivity index (χ0v) is 10.8. The van der Waals surface area contributed by atoms with Crippen molar-refractivity contribution in [1.82, 2.24) is 0 Å². The normalized spacial score (nSPS) is 9.95. The zero-order valence-electron chi connectivity index (χ0n) is 10.8. The van der Waals surface area contributed by atoms with Gasteiger partial charge < -0.3 is 9.47 Å². The number of rotatable bonds is 5. The molecular weight excluding hydrogens is 240 g/mol. The molecule has 0 atom stereocenters. The van der Waals surface area contributed by atoms with Crippen molar-refractivity contribution in [3.05, 3.63) is 60.2 Å². The van der Waals surface area contributed by atoms with Crippen LogP contribution >= 0.6 is 0 Å². The average molecular weight is 256 g/mol. The molecule has 0 aliphatic heterocycles. The first-order valence-electron chi connectivity index (χ1n) is 6.26. The number of benzene rings is 2. The van der Waals surface area contributed by atoms with Crippen LogP contribution in [0, 0.1) is 0 Å². The fraction of sp³-hybridized carbons (Fsp3) is 0.188. The highest BCUT2D eigenvalue weighted by Crippen LogP contribution is 2.26. The van der Waals surface area contributed by atoms with Gasteiger partial charge in [0, 0.05) is 0 Å². The first kappa shape index (κ1) is 13.1. The van der Waals surface area contributed by atoms with Gasteiger partial charge in [0.05, 0.1) is 13.0 Å². The van der Waals surface area contributed by atoms with Crippen LogP contribution in [-0.4, -0.2) is 12.6 Å². The van der Waals surface area contributed by atoms with Crippen molar-refractivity contribution in [2.45, 2.75) is 13.3 Å². The van der Waals surface area contributed by atoms with Gasteiger partial charge in [0.25, 0.3) is 0 Å². The molecule has 0 aromatic heterocycles. The summed E-state index contributed by atoms with van der Waals surface area (Å²) in [7, 11) is 0. The number of carbonyl (C=O) groups excluding carboxylic acids is 1. The second-order valence-electron chi connectivity index (χ2n) is 4.02. The summed E-state index contributed by atoms with van der Waals surface area (Å²) in [4.78, 5) is 11.9. The van der Waals surface area contributed by atoms with E-state index in [0.717, 1.165) is 5.56 Å². The maximum Gasteiger partial charge on any atom is 0.315 e. The Balaban J connectivity index is 2.03. The first-order chi connectivity index (χ1) is 9.29. The summed E-state index contributed by atoms with van der Waals surface area (Å²) in [6.07, 6.45) is 0.251. The lowest BCUT2D eigenvalue weighted by molar-refractivity contribution is -0.133. The smallest absolute Gasteiger partial charge is 0.315 e. The second-order valence-corrected chi connectivity index (χ2v) is 4.02.